The van der Waals surface area contributed by atoms with Crippen LogP contribution in [0.3, 0.4) is 0 Å². The third-order valence-corrected chi connectivity index (χ3v) is 3.68. The average molecular weight is 225 g/mol. The van der Waals surface area contributed by atoms with Crippen molar-refractivity contribution in [2.75, 3.05) is 26.4 Å². The Labute approximate surface area is 98.0 Å². The molecule has 2 rings (SSSR count). The Bertz CT molecular complexity index is 229. The Hall–Kier alpha value is -0.380. The molecular formula is C13H23NO2. The molecule has 2 aliphatic heterocycles. The van der Waals surface area contributed by atoms with Gasteiger partial charge in [-0.05, 0) is 44.6 Å². The Morgan fingerprint density at radius 2 is 2.06 bits per heavy atom. The highest BCUT2D eigenvalue weighted by atomic mass is 16.5. The summed E-state index contributed by atoms with van der Waals surface area (Å²) in [7, 11) is 0. The predicted molar refractivity (Wildman–Crippen MR) is 64.3 cm³/mol. The highest BCUT2D eigenvalue weighted by Gasteiger charge is 2.38. The first-order valence-electron chi connectivity index (χ1n) is 6.43. The molecule has 2 aliphatic rings. The van der Waals surface area contributed by atoms with E-state index in [4.69, 9.17) is 15.2 Å². The third kappa shape index (κ3) is 3.06. The highest BCUT2D eigenvalue weighted by Crippen LogP contribution is 2.37. The van der Waals surface area contributed by atoms with Crippen molar-refractivity contribution in [2.45, 2.75) is 37.7 Å². The summed E-state index contributed by atoms with van der Waals surface area (Å²) in [4.78, 5) is 0. The molecule has 0 aromatic carbocycles. The maximum Gasteiger partial charge on any atom is 0.0732 e. The minimum Gasteiger partial charge on any atom is -0.381 e. The van der Waals surface area contributed by atoms with Crippen molar-refractivity contribution in [3.63, 3.8) is 0 Å². The van der Waals surface area contributed by atoms with E-state index in [0.717, 1.165) is 58.5 Å². The molecule has 0 saturated carbocycles. The van der Waals surface area contributed by atoms with Gasteiger partial charge in [0.05, 0.1) is 5.60 Å². The van der Waals surface area contributed by atoms with E-state index in [-0.39, 0.29) is 5.60 Å². The van der Waals surface area contributed by atoms with Crippen molar-refractivity contribution in [3.05, 3.63) is 12.2 Å². The zero-order valence-electron chi connectivity index (χ0n) is 9.99. The second-order valence-corrected chi connectivity index (χ2v) is 4.90. The Balaban J connectivity index is 1.87. The summed E-state index contributed by atoms with van der Waals surface area (Å²) in [6.45, 7) is 3.37. The van der Waals surface area contributed by atoms with Crippen LogP contribution in [0.2, 0.25) is 0 Å². The fourth-order valence-corrected chi connectivity index (χ4v) is 2.71. The van der Waals surface area contributed by atoms with Crippen LogP contribution in [0.5, 0.6) is 0 Å². The van der Waals surface area contributed by atoms with E-state index in [9.17, 15) is 0 Å². The molecule has 2 saturated heterocycles. The predicted octanol–water partition coefficient (Wildman–Crippen LogP) is 1.87. The van der Waals surface area contributed by atoms with Gasteiger partial charge >= 0.3 is 0 Å². The first-order chi connectivity index (χ1) is 7.85. The Kier molecular flexibility index (Phi) is 4.38. The van der Waals surface area contributed by atoms with Crippen LogP contribution in [0.25, 0.3) is 0 Å². The van der Waals surface area contributed by atoms with Crippen molar-refractivity contribution in [3.8, 4) is 0 Å². The van der Waals surface area contributed by atoms with Gasteiger partial charge in [-0.25, -0.2) is 0 Å². The van der Waals surface area contributed by atoms with Crippen LogP contribution in [0.15, 0.2) is 12.2 Å². The fraction of sp³-hybridized carbons (Fsp3) is 0.846. The van der Waals surface area contributed by atoms with E-state index < -0.39 is 0 Å². The molecule has 2 N–H and O–H groups in total. The summed E-state index contributed by atoms with van der Waals surface area (Å²) in [5.74, 6) is 0.679. The summed E-state index contributed by atoms with van der Waals surface area (Å²) in [5, 5.41) is 0. The van der Waals surface area contributed by atoms with Crippen LogP contribution >= 0.6 is 0 Å². The van der Waals surface area contributed by atoms with Gasteiger partial charge in [0.1, 0.15) is 0 Å². The molecule has 0 aromatic heterocycles. The Morgan fingerprint density at radius 3 is 2.81 bits per heavy atom. The van der Waals surface area contributed by atoms with Crippen LogP contribution in [0.4, 0.5) is 0 Å². The molecule has 0 radical (unpaired) electrons. The number of nitrogens with two attached hydrogens (primary N) is 1. The average Bonchev–Trinajstić information content (AvgIpc) is 2.31. The molecule has 92 valence electrons. The molecular weight excluding hydrogens is 202 g/mol. The smallest absolute Gasteiger partial charge is 0.0732 e. The van der Waals surface area contributed by atoms with Gasteiger partial charge in [0.15, 0.2) is 0 Å². The van der Waals surface area contributed by atoms with E-state index in [1.807, 2.05) is 0 Å². The maximum absolute atomic E-state index is 6.00. The maximum atomic E-state index is 6.00. The van der Waals surface area contributed by atoms with E-state index in [2.05, 4.69) is 12.2 Å². The second-order valence-electron chi connectivity index (χ2n) is 4.90. The minimum atomic E-state index is 0.119. The van der Waals surface area contributed by atoms with Gasteiger partial charge in [0, 0.05) is 19.8 Å². The lowest BCUT2D eigenvalue weighted by Gasteiger charge is -2.42. The topological polar surface area (TPSA) is 44.5 Å². The molecule has 0 amide bonds. The van der Waals surface area contributed by atoms with E-state index in [1.54, 1.807) is 0 Å². The van der Waals surface area contributed by atoms with E-state index in [0.29, 0.717) is 5.92 Å². The van der Waals surface area contributed by atoms with Crippen molar-refractivity contribution in [2.24, 2.45) is 11.7 Å². The number of hydrogen-bond acceptors (Lipinski definition) is 3. The van der Waals surface area contributed by atoms with Crippen LogP contribution in [0, 0.1) is 5.92 Å². The lowest BCUT2D eigenvalue weighted by atomic mass is 9.80. The lowest BCUT2D eigenvalue weighted by Crippen LogP contribution is -2.44. The van der Waals surface area contributed by atoms with Gasteiger partial charge in [-0.3, -0.25) is 0 Å². The molecule has 0 aromatic rings. The standard InChI is InChI=1S/C13H23NO2/c14-7-2-1-3-12-4-8-16-13(11-12)5-9-15-10-6-13/h1,3,12H,2,4-11,14H2. The first kappa shape index (κ1) is 12.1. The summed E-state index contributed by atoms with van der Waals surface area (Å²) in [6.07, 6.45) is 10.0. The molecule has 1 spiro atoms. The highest BCUT2D eigenvalue weighted by molar-refractivity contribution is 4.97. The quantitative estimate of drug-likeness (QED) is 0.746. The molecule has 1 atom stereocenters. The number of rotatable bonds is 3. The SMILES string of the molecule is NCCC=CC1CCOC2(CCOCC2)C1. The molecule has 2 heterocycles. The van der Waals surface area contributed by atoms with E-state index >= 15 is 0 Å². The lowest BCUT2D eigenvalue weighted by molar-refractivity contribution is -0.141. The largest absolute Gasteiger partial charge is 0.381 e. The van der Waals surface area contributed by atoms with Gasteiger partial charge in [-0.1, -0.05) is 12.2 Å². The molecule has 3 nitrogen and oxygen atoms in total. The molecule has 2 fully saturated rings. The Morgan fingerprint density at radius 1 is 1.25 bits per heavy atom. The summed E-state index contributed by atoms with van der Waals surface area (Å²) in [5.41, 5.74) is 5.61. The number of hydrogen-bond donors (Lipinski definition) is 1. The third-order valence-electron chi connectivity index (χ3n) is 3.68. The van der Waals surface area contributed by atoms with Gasteiger partial charge in [-0.2, -0.15) is 0 Å². The van der Waals surface area contributed by atoms with Crippen LogP contribution in [-0.4, -0.2) is 32.0 Å². The van der Waals surface area contributed by atoms with Gasteiger partial charge in [0.2, 0.25) is 0 Å². The van der Waals surface area contributed by atoms with Crippen LogP contribution in [-0.2, 0) is 9.47 Å². The zero-order chi connectivity index (χ0) is 11.3. The zero-order valence-corrected chi connectivity index (χ0v) is 9.99. The van der Waals surface area contributed by atoms with Crippen molar-refractivity contribution in [1.29, 1.82) is 0 Å². The van der Waals surface area contributed by atoms with Crippen LogP contribution in [0.1, 0.15) is 32.1 Å². The molecule has 3 heteroatoms. The summed E-state index contributed by atoms with van der Waals surface area (Å²) >= 11 is 0. The van der Waals surface area contributed by atoms with Gasteiger partial charge in [0.25, 0.3) is 0 Å². The number of ether oxygens (including phenoxy) is 2. The van der Waals surface area contributed by atoms with Gasteiger partial charge < -0.3 is 15.2 Å². The van der Waals surface area contributed by atoms with Crippen molar-refractivity contribution >= 4 is 0 Å². The summed E-state index contributed by atoms with van der Waals surface area (Å²) in [6, 6.07) is 0. The second kappa shape index (κ2) is 5.80. The minimum absolute atomic E-state index is 0.119. The van der Waals surface area contributed by atoms with Crippen LogP contribution < -0.4 is 5.73 Å². The molecule has 16 heavy (non-hydrogen) atoms. The molecule has 0 aliphatic carbocycles. The monoisotopic (exact) mass is 225 g/mol. The summed E-state index contributed by atoms with van der Waals surface area (Å²) < 4.78 is 11.4. The van der Waals surface area contributed by atoms with Crippen molar-refractivity contribution in [1.82, 2.24) is 0 Å². The normalized spacial score (nSPS) is 29.9. The molecule has 0 bridgehead atoms. The fourth-order valence-electron chi connectivity index (χ4n) is 2.71. The van der Waals surface area contributed by atoms with Gasteiger partial charge in [-0.15, -0.1) is 0 Å². The van der Waals surface area contributed by atoms with Crippen molar-refractivity contribution < 1.29 is 9.47 Å². The van der Waals surface area contributed by atoms with E-state index in [1.165, 1.54) is 0 Å². The first-order valence-corrected chi connectivity index (χ1v) is 6.43. The molecule has 1 unspecified atom stereocenters. The number of allylic oxidation sites excluding steroid dienone is 1.